The van der Waals surface area contributed by atoms with E-state index in [0.717, 1.165) is 11.8 Å². The van der Waals surface area contributed by atoms with Gasteiger partial charge >= 0.3 is 0 Å². The summed E-state index contributed by atoms with van der Waals surface area (Å²) in [6.07, 6.45) is 0.973. The van der Waals surface area contributed by atoms with Crippen LogP contribution in [0.1, 0.15) is 5.56 Å². The minimum absolute atomic E-state index is 0.145. The second-order valence-electron chi connectivity index (χ2n) is 4.90. The van der Waals surface area contributed by atoms with E-state index in [9.17, 15) is 13.5 Å². The molecule has 2 rings (SSSR count). The molecule has 1 heterocycles. The van der Waals surface area contributed by atoms with Crippen molar-refractivity contribution in [1.82, 2.24) is 0 Å². The number of nitrogens with zero attached hydrogens (tertiary/aromatic N) is 1. The maximum atomic E-state index is 11.0. The highest BCUT2D eigenvalue weighted by Gasteiger charge is 2.36. The van der Waals surface area contributed by atoms with Crippen molar-refractivity contribution in [2.45, 2.75) is 0 Å². The molecule has 7 heteroatoms. The summed E-state index contributed by atoms with van der Waals surface area (Å²) in [5.74, 6) is 0.494. The van der Waals surface area contributed by atoms with Crippen molar-refractivity contribution in [3.8, 4) is 0 Å². The lowest BCUT2D eigenvalue weighted by Crippen LogP contribution is -2.43. The largest absolute Gasteiger partial charge is 0.477 e. The molecular formula is C13H17NO5S. The van der Waals surface area contributed by atoms with Crippen LogP contribution in [0, 0.1) is 5.41 Å². The Bertz CT molecular complexity index is 584. The molecule has 1 aliphatic heterocycles. The smallest absolute Gasteiger partial charge is 0.264 e. The fourth-order valence-electron chi connectivity index (χ4n) is 1.77. The van der Waals surface area contributed by atoms with Gasteiger partial charge in [0.25, 0.3) is 10.1 Å². The fourth-order valence-corrected chi connectivity index (χ4v) is 2.23. The molecule has 0 fully saturated rings. The Kier molecular flexibility index (Phi) is 4.42. The first-order valence-corrected chi connectivity index (χ1v) is 7.94. The summed E-state index contributed by atoms with van der Waals surface area (Å²) >= 11 is 0. The van der Waals surface area contributed by atoms with Gasteiger partial charge < -0.3 is 9.84 Å². The maximum Gasteiger partial charge on any atom is 0.264 e. The molecule has 0 aromatic heterocycles. The third-order valence-electron chi connectivity index (χ3n) is 3.01. The van der Waals surface area contributed by atoms with Crippen LogP contribution in [0.15, 0.2) is 35.3 Å². The molecule has 0 saturated carbocycles. The molecule has 0 bridgehead atoms. The van der Waals surface area contributed by atoms with Gasteiger partial charge in [-0.1, -0.05) is 18.2 Å². The first-order valence-electron chi connectivity index (χ1n) is 6.12. The Labute approximate surface area is 118 Å². The van der Waals surface area contributed by atoms with Gasteiger partial charge in [0, 0.05) is 5.56 Å². The van der Waals surface area contributed by atoms with Crippen LogP contribution in [-0.2, 0) is 19.0 Å². The standard InChI is InChI=1S/C13H17NO5S/c1-20(16,17)19-10-13(8-15)7-14-12(18-9-13)11-5-3-2-4-6-11/h2-6,15H,7-10H2,1H3. The minimum Gasteiger partial charge on any atom is -0.477 e. The summed E-state index contributed by atoms with van der Waals surface area (Å²) in [7, 11) is -3.55. The minimum atomic E-state index is -3.55. The maximum absolute atomic E-state index is 11.0. The molecule has 0 saturated heterocycles. The van der Waals surface area contributed by atoms with E-state index in [1.54, 1.807) is 0 Å². The van der Waals surface area contributed by atoms with Gasteiger partial charge in [-0.2, -0.15) is 8.42 Å². The number of aliphatic hydroxyl groups excluding tert-OH is 1. The zero-order chi connectivity index (χ0) is 14.6. The van der Waals surface area contributed by atoms with Gasteiger partial charge in [0.05, 0.1) is 31.4 Å². The monoisotopic (exact) mass is 299 g/mol. The average molecular weight is 299 g/mol. The fraction of sp³-hybridized carbons (Fsp3) is 0.462. The number of aliphatic hydroxyl groups is 1. The lowest BCUT2D eigenvalue weighted by atomic mass is 9.90. The van der Waals surface area contributed by atoms with Crippen LogP contribution in [0.25, 0.3) is 0 Å². The lowest BCUT2D eigenvalue weighted by Gasteiger charge is -2.33. The van der Waals surface area contributed by atoms with E-state index >= 15 is 0 Å². The third kappa shape index (κ3) is 3.78. The number of aliphatic imine (C=N–C) groups is 1. The highest BCUT2D eigenvalue weighted by Crippen LogP contribution is 2.24. The highest BCUT2D eigenvalue weighted by molar-refractivity contribution is 7.85. The molecule has 1 aromatic rings. The predicted octanol–water partition coefficient (Wildman–Crippen LogP) is 0.418. The van der Waals surface area contributed by atoms with E-state index in [2.05, 4.69) is 4.99 Å². The Morgan fingerprint density at radius 3 is 2.60 bits per heavy atom. The molecule has 1 aromatic carbocycles. The van der Waals surface area contributed by atoms with Gasteiger partial charge in [-0.15, -0.1) is 0 Å². The molecule has 1 unspecified atom stereocenters. The first-order chi connectivity index (χ1) is 9.44. The summed E-state index contributed by atoms with van der Waals surface area (Å²) in [4.78, 5) is 4.28. The summed E-state index contributed by atoms with van der Waals surface area (Å²) < 4.78 is 32.4. The van der Waals surface area contributed by atoms with Crippen LogP contribution < -0.4 is 0 Å². The van der Waals surface area contributed by atoms with Crippen LogP contribution in [0.3, 0.4) is 0 Å². The lowest BCUT2D eigenvalue weighted by molar-refractivity contribution is 0.0188. The van der Waals surface area contributed by atoms with E-state index in [4.69, 9.17) is 8.92 Å². The van der Waals surface area contributed by atoms with Gasteiger partial charge in [0.2, 0.25) is 5.90 Å². The van der Waals surface area contributed by atoms with Gasteiger partial charge in [0.1, 0.15) is 6.61 Å². The summed E-state index contributed by atoms with van der Waals surface area (Å²) in [6, 6.07) is 9.39. The summed E-state index contributed by atoms with van der Waals surface area (Å²) in [5.41, 5.74) is 0.0320. The van der Waals surface area contributed by atoms with E-state index in [-0.39, 0.29) is 26.4 Å². The van der Waals surface area contributed by atoms with Crippen LogP contribution in [0.2, 0.25) is 0 Å². The van der Waals surface area contributed by atoms with Crippen molar-refractivity contribution >= 4 is 16.0 Å². The van der Waals surface area contributed by atoms with Gasteiger partial charge in [-0.3, -0.25) is 9.18 Å². The van der Waals surface area contributed by atoms with Crippen LogP contribution in [0.4, 0.5) is 0 Å². The number of rotatable bonds is 5. The molecule has 1 atom stereocenters. The number of hydrogen-bond acceptors (Lipinski definition) is 6. The van der Waals surface area contributed by atoms with E-state index < -0.39 is 15.5 Å². The van der Waals surface area contributed by atoms with Crippen LogP contribution >= 0.6 is 0 Å². The summed E-state index contributed by atoms with van der Waals surface area (Å²) in [6.45, 7) is 0.0119. The van der Waals surface area contributed by atoms with E-state index in [0.29, 0.717) is 5.90 Å². The first kappa shape index (κ1) is 15.0. The molecule has 20 heavy (non-hydrogen) atoms. The molecule has 0 spiro atoms. The number of ether oxygens (including phenoxy) is 1. The zero-order valence-electron chi connectivity index (χ0n) is 11.2. The second-order valence-corrected chi connectivity index (χ2v) is 6.54. The Morgan fingerprint density at radius 1 is 1.40 bits per heavy atom. The van der Waals surface area contributed by atoms with E-state index in [1.807, 2.05) is 30.3 Å². The second kappa shape index (κ2) is 5.90. The Balaban J connectivity index is 2.08. The molecule has 110 valence electrons. The Hall–Kier alpha value is -1.44. The number of hydrogen-bond donors (Lipinski definition) is 1. The van der Waals surface area contributed by atoms with E-state index in [1.165, 1.54) is 0 Å². The molecule has 0 amide bonds. The van der Waals surface area contributed by atoms with Crippen molar-refractivity contribution in [3.05, 3.63) is 35.9 Å². The van der Waals surface area contributed by atoms with Gasteiger partial charge in [-0.25, -0.2) is 0 Å². The van der Waals surface area contributed by atoms with Gasteiger partial charge in [-0.05, 0) is 12.1 Å². The van der Waals surface area contributed by atoms with Crippen LogP contribution in [-0.4, -0.2) is 52.0 Å². The predicted molar refractivity (Wildman–Crippen MR) is 74.1 cm³/mol. The van der Waals surface area contributed by atoms with Crippen molar-refractivity contribution in [1.29, 1.82) is 0 Å². The Morgan fingerprint density at radius 2 is 2.10 bits per heavy atom. The molecule has 0 radical (unpaired) electrons. The normalized spacial score (nSPS) is 23.0. The van der Waals surface area contributed by atoms with Crippen molar-refractivity contribution in [3.63, 3.8) is 0 Å². The van der Waals surface area contributed by atoms with Crippen molar-refractivity contribution in [2.75, 3.05) is 32.6 Å². The highest BCUT2D eigenvalue weighted by atomic mass is 32.2. The van der Waals surface area contributed by atoms with Gasteiger partial charge in [0.15, 0.2) is 0 Å². The topological polar surface area (TPSA) is 85.2 Å². The van der Waals surface area contributed by atoms with Crippen LogP contribution in [0.5, 0.6) is 0 Å². The van der Waals surface area contributed by atoms with Crippen molar-refractivity contribution < 1.29 is 22.4 Å². The molecule has 1 N–H and O–H groups in total. The molecule has 6 nitrogen and oxygen atoms in total. The average Bonchev–Trinajstić information content (AvgIpc) is 2.46. The van der Waals surface area contributed by atoms with Crippen molar-refractivity contribution in [2.24, 2.45) is 10.4 Å². The quantitative estimate of drug-likeness (QED) is 0.796. The zero-order valence-corrected chi connectivity index (χ0v) is 12.0. The molecule has 1 aliphatic rings. The number of benzene rings is 1. The molecular weight excluding hydrogens is 282 g/mol. The summed E-state index contributed by atoms with van der Waals surface area (Å²) in [5, 5.41) is 9.47. The molecule has 0 aliphatic carbocycles. The SMILES string of the molecule is CS(=O)(=O)OCC1(CO)CN=C(c2ccccc2)OC1. The third-order valence-corrected chi connectivity index (χ3v) is 3.55.